The molecule has 0 amide bonds. The minimum atomic E-state index is -5.37. The smallest absolute Gasteiger partial charge is 0.209 e. The Morgan fingerprint density at radius 1 is 0.758 bits per heavy atom. The fourth-order valence-corrected chi connectivity index (χ4v) is 5.34. The average molecular weight is 477 g/mol. The van der Waals surface area contributed by atoms with Gasteiger partial charge in [-0.3, -0.25) is 0 Å². The lowest BCUT2D eigenvalue weighted by atomic mass is 9.76. The Kier molecular flexibility index (Phi) is 8.68. The first-order chi connectivity index (χ1) is 15.6. The van der Waals surface area contributed by atoms with E-state index in [1.165, 1.54) is 12.1 Å². The number of hydrogen-bond donors (Lipinski definition) is 0. The third kappa shape index (κ3) is 6.42. The molecule has 2 aliphatic rings. The van der Waals surface area contributed by atoms with Crippen LogP contribution in [0.2, 0.25) is 0 Å². The van der Waals surface area contributed by atoms with Gasteiger partial charge in [-0.25, -0.2) is 13.2 Å². The highest BCUT2D eigenvalue weighted by molar-refractivity contribution is 5.62. The van der Waals surface area contributed by atoms with Crippen LogP contribution in [-0.4, -0.2) is 6.18 Å². The van der Waals surface area contributed by atoms with Crippen molar-refractivity contribution in [3.8, 4) is 0 Å². The number of allylic oxidation sites excluding steroid dienone is 3. The summed E-state index contributed by atoms with van der Waals surface area (Å²) in [6, 6.07) is 5.20. The molecule has 0 aliphatic heterocycles. The number of benzene rings is 1. The molecule has 0 spiro atoms. The van der Waals surface area contributed by atoms with E-state index >= 15 is 0 Å². The van der Waals surface area contributed by atoms with Crippen LogP contribution >= 0.6 is 0 Å². The third-order valence-electron chi connectivity index (χ3n) is 7.29. The highest BCUT2D eigenvalue weighted by Crippen LogP contribution is 2.44. The fourth-order valence-electron chi connectivity index (χ4n) is 5.34. The molecule has 0 atom stereocenters. The van der Waals surface area contributed by atoms with Gasteiger partial charge in [-0.15, -0.1) is 0 Å². The molecular weight excluding hydrogens is 445 g/mol. The SMILES string of the molecule is CCCC1CCC(C(F)=C(F)C2CCC(c3ccc(C(F)=C(F)C(F)(F)F)cc3)CC2)CC1. The third-order valence-corrected chi connectivity index (χ3v) is 7.29. The van der Waals surface area contributed by atoms with Gasteiger partial charge in [0.1, 0.15) is 11.7 Å². The summed E-state index contributed by atoms with van der Waals surface area (Å²) in [6.07, 6.45) is 2.35. The Labute approximate surface area is 190 Å². The van der Waals surface area contributed by atoms with E-state index in [9.17, 15) is 30.7 Å². The molecule has 0 unspecified atom stereocenters. The van der Waals surface area contributed by atoms with Crippen molar-refractivity contribution in [3.63, 3.8) is 0 Å². The minimum Gasteiger partial charge on any atom is -0.209 e. The van der Waals surface area contributed by atoms with Gasteiger partial charge >= 0.3 is 6.18 Å². The predicted molar refractivity (Wildman–Crippen MR) is 116 cm³/mol. The highest BCUT2D eigenvalue weighted by atomic mass is 19.4. The number of alkyl halides is 3. The monoisotopic (exact) mass is 476 g/mol. The summed E-state index contributed by atoms with van der Waals surface area (Å²) in [6.45, 7) is 2.14. The molecule has 0 N–H and O–H groups in total. The standard InChI is InChI=1S/C26H31F7/c1-2-3-16-4-6-19(7-5-16)22(27)23(28)20-12-8-17(9-13-20)18-10-14-21(15-11-18)24(29)25(30)26(31,32)33/h10-11,14-17,19-20H,2-9,12-13H2,1H3. The molecule has 0 bridgehead atoms. The Morgan fingerprint density at radius 3 is 1.70 bits per heavy atom. The zero-order valence-electron chi connectivity index (χ0n) is 18.8. The second-order valence-electron chi connectivity index (χ2n) is 9.50. The van der Waals surface area contributed by atoms with Gasteiger partial charge in [-0.2, -0.15) is 17.6 Å². The Balaban J connectivity index is 1.58. The zero-order valence-corrected chi connectivity index (χ0v) is 18.8. The van der Waals surface area contributed by atoms with Crippen LogP contribution in [0.25, 0.3) is 5.83 Å². The molecule has 0 radical (unpaired) electrons. The quantitative estimate of drug-likeness (QED) is 0.358. The maximum atomic E-state index is 14.9. The minimum absolute atomic E-state index is 0.0233. The van der Waals surface area contributed by atoms with E-state index in [4.69, 9.17) is 0 Å². The van der Waals surface area contributed by atoms with Gasteiger partial charge < -0.3 is 0 Å². The summed E-state index contributed by atoms with van der Waals surface area (Å²) in [5.41, 5.74) is 0.295. The summed E-state index contributed by atoms with van der Waals surface area (Å²) in [7, 11) is 0. The molecule has 1 aromatic carbocycles. The lowest BCUT2D eigenvalue weighted by molar-refractivity contribution is -0.108. The van der Waals surface area contributed by atoms with Crippen molar-refractivity contribution < 1.29 is 30.7 Å². The first-order valence-corrected chi connectivity index (χ1v) is 11.9. The van der Waals surface area contributed by atoms with Crippen LogP contribution in [0.5, 0.6) is 0 Å². The van der Waals surface area contributed by atoms with Crippen molar-refractivity contribution in [1.82, 2.24) is 0 Å². The summed E-state index contributed by atoms with van der Waals surface area (Å²) >= 11 is 0. The van der Waals surface area contributed by atoms with Gasteiger partial charge in [-0.05, 0) is 68.8 Å². The van der Waals surface area contributed by atoms with E-state index in [2.05, 4.69) is 6.92 Å². The van der Waals surface area contributed by atoms with Crippen LogP contribution in [0.15, 0.2) is 41.7 Å². The maximum Gasteiger partial charge on any atom is 0.445 e. The number of rotatable bonds is 6. The molecule has 0 heterocycles. The molecule has 3 rings (SSSR count). The van der Waals surface area contributed by atoms with E-state index < -0.39 is 41.0 Å². The van der Waals surface area contributed by atoms with Crippen molar-refractivity contribution >= 4 is 5.83 Å². The van der Waals surface area contributed by atoms with E-state index in [1.807, 2.05) is 0 Å². The van der Waals surface area contributed by atoms with Crippen molar-refractivity contribution in [1.29, 1.82) is 0 Å². The predicted octanol–water partition coefficient (Wildman–Crippen LogP) is 9.89. The first kappa shape index (κ1) is 25.8. The van der Waals surface area contributed by atoms with Gasteiger partial charge in [-0.1, -0.05) is 44.0 Å². The molecule has 2 saturated carbocycles. The first-order valence-electron chi connectivity index (χ1n) is 11.9. The molecule has 0 aromatic heterocycles. The van der Waals surface area contributed by atoms with Crippen LogP contribution in [-0.2, 0) is 0 Å². The number of halogens is 7. The summed E-state index contributed by atoms with van der Waals surface area (Å²) < 4.78 is 93.6. The van der Waals surface area contributed by atoms with E-state index in [-0.39, 0.29) is 11.8 Å². The lowest BCUT2D eigenvalue weighted by Gasteiger charge is -2.31. The van der Waals surface area contributed by atoms with Crippen molar-refractivity contribution in [2.24, 2.45) is 17.8 Å². The molecular formula is C26H31F7. The topological polar surface area (TPSA) is 0 Å². The van der Waals surface area contributed by atoms with Crippen molar-refractivity contribution in [2.45, 2.75) is 83.2 Å². The van der Waals surface area contributed by atoms with E-state index in [1.54, 1.807) is 0 Å². The Morgan fingerprint density at radius 2 is 1.24 bits per heavy atom. The van der Waals surface area contributed by atoms with Gasteiger partial charge in [0.05, 0.1) is 0 Å². The van der Waals surface area contributed by atoms with Crippen LogP contribution in [0.4, 0.5) is 30.7 Å². The molecule has 1 aromatic rings. The van der Waals surface area contributed by atoms with Crippen molar-refractivity contribution in [2.75, 3.05) is 0 Å². The van der Waals surface area contributed by atoms with E-state index in [0.717, 1.165) is 43.4 Å². The van der Waals surface area contributed by atoms with E-state index in [0.29, 0.717) is 44.4 Å². The highest BCUT2D eigenvalue weighted by Gasteiger charge is 2.38. The molecule has 0 nitrogen and oxygen atoms in total. The van der Waals surface area contributed by atoms with Gasteiger partial charge in [0.15, 0.2) is 5.83 Å². The molecule has 2 fully saturated rings. The normalized spacial score (nSPS) is 28.2. The van der Waals surface area contributed by atoms with Crippen LogP contribution in [0, 0.1) is 17.8 Å². The summed E-state index contributed by atoms with van der Waals surface area (Å²) in [5, 5.41) is 0. The molecule has 0 saturated heterocycles. The van der Waals surface area contributed by atoms with Gasteiger partial charge in [0.25, 0.3) is 0 Å². The number of hydrogen-bond acceptors (Lipinski definition) is 0. The maximum absolute atomic E-state index is 14.9. The largest absolute Gasteiger partial charge is 0.445 e. The second-order valence-corrected chi connectivity index (χ2v) is 9.50. The fraction of sp³-hybridized carbons (Fsp3) is 0.615. The average Bonchev–Trinajstić information content (AvgIpc) is 2.82. The molecule has 184 valence electrons. The summed E-state index contributed by atoms with van der Waals surface area (Å²) in [4.78, 5) is 0. The summed E-state index contributed by atoms with van der Waals surface area (Å²) in [5.74, 6) is -6.00. The van der Waals surface area contributed by atoms with Crippen molar-refractivity contribution in [3.05, 3.63) is 52.9 Å². The Hall–Kier alpha value is -1.79. The molecule has 2 aliphatic carbocycles. The Bertz CT molecular complexity index is 834. The molecule has 7 heteroatoms. The zero-order chi connectivity index (χ0) is 24.2. The van der Waals surface area contributed by atoms with Crippen LogP contribution < -0.4 is 0 Å². The van der Waals surface area contributed by atoms with Gasteiger partial charge in [0, 0.05) is 17.4 Å². The lowest BCUT2D eigenvalue weighted by Crippen LogP contribution is -2.19. The van der Waals surface area contributed by atoms with Crippen LogP contribution in [0.1, 0.15) is 88.2 Å². The second kappa shape index (κ2) is 11.1. The molecule has 33 heavy (non-hydrogen) atoms. The van der Waals surface area contributed by atoms with Gasteiger partial charge in [0.2, 0.25) is 5.83 Å². The van der Waals surface area contributed by atoms with Crippen LogP contribution in [0.3, 0.4) is 0 Å².